The van der Waals surface area contributed by atoms with E-state index in [4.69, 9.17) is 0 Å². The average Bonchev–Trinajstić information content (AvgIpc) is 3.32. The smallest absolute Gasteiger partial charge is 0.238 e. The molecule has 3 unspecified atom stereocenters. The lowest BCUT2D eigenvalue weighted by Gasteiger charge is -2.44. The number of hydrogen-bond donors (Lipinski definition) is 2. The minimum Gasteiger partial charge on any atom is -0.355 e. The summed E-state index contributed by atoms with van der Waals surface area (Å²) in [7, 11) is 0. The molecular formula is C16H29N3O. The molecule has 0 aromatic carbocycles. The van der Waals surface area contributed by atoms with Gasteiger partial charge in [-0.05, 0) is 44.4 Å². The third-order valence-corrected chi connectivity index (χ3v) is 5.38. The number of carbonyl (C=O) groups is 1. The molecule has 114 valence electrons. The number of rotatable bonds is 4. The number of hydrogen-bond acceptors (Lipinski definition) is 3. The monoisotopic (exact) mass is 279 g/mol. The molecule has 3 fully saturated rings. The lowest BCUT2D eigenvalue weighted by atomic mass is 9.81. The van der Waals surface area contributed by atoms with Crippen LogP contribution in [0.2, 0.25) is 0 Å². The van der Waals surface area contributed by atoms with E-state index in [2.05, 4.69) is 15.5 Å². The third kappa shape index (κ3) is 3.17. The molecule has 2 N–H and O–H groups in total. The highest BCUT2D eigenvalue weighted by atomic mass is 16.2. The first-order chi connectivity index (χ1) is 9.79. The molecule has 3 atom stereocenters. The van der Waals surface area contributed by atoms with Crippen molar-refractivity contribution >= 4 is 5.91 Å². The van der Waals surface area contributed by atoms with Gasteiger partial charge in [-0.2, -0.15) is 0 Å². The Bertz CT molecular complexity index is 343. The Hall–Kier alpha value is -0.610. The van der Waals surface area contributed by atoms with Crippen LogP contribution in [0.1, 0.15) is 45.4 Å². The van der Waals surface area contributed by atoms with Crippen LogP contribution >= 0.6 is 0 Å². The fourth-order valence-corrected chi connectivity index (χ4v) is 4.19. The zero-order valence-corrected chi connectivity index (χ0v) is 12.7. The van der Waals surface area contributed by atoms with E-state index in [1.54, 1.807) is 0 Å². The molecule has 1 amide bonds. The lowest BCUT2D eigenvalue weighted by molar-refractivity contribution is -0.128. The average molecular weight is 279 g/mol. The van der Waals surface area contributed by atoms with Crippen LogP contribution in [-0.2, 0) is 4.79 Å². The molecule has 1 saturated heterocycles. The van der Waals surface area contributed by atoms with Gasteiger partial charge in [-0.3, -0.25) is 9.69 Å². The van der Waals surface area contributed by atoms with Crippen LogP contribution in [0.4, 0.5) is 0 Å². The van der Waals surface area contributed by atoms with Crippen LogP contribution < -0.4 is 10.6 Å². The minimum atomic E-state index is 0.0478. The molecule has 4 heteroatoms. The fraction of sp³-hybridized carbons (Fsp3) is 0.938. The molecule has 1 heterocycles. The second-order valence-electron chi connectivity index (χ2n) is 6.77. The van der Waals surface area contributed by atoms with Crippen molar-refractivity contribution in [3.05, 3.63) is 0 Å². The van der Waals surface area contributed by atoms with Crippen molar-refractivity contribution in [2.75, 3.05) is 26.2 Å². The Kier molecular flexibility index (Phi) is 4.61. The Labute approximate surface area is 122 Å². The number of amides is 1. The summed E-state index contributed by atoms with van der Waals surface area (Å²) in [5.41, 5.74) is 0. The summed E-state index contributed by atoms with van der Waals surface area (Å²) in [6.45, 7) is 5.61. The first-order valence-corrected chi connectivity index (χ1v) is 8.53. The molecule has 4 nitrogen and oxygen atoms in total. The molecule has 20 heavy (non-hydrogen) atoms. The van der Waals surface area contributed by atoms with E-state index in [0.29, 0.717) is 6.04 Å². The summed E-state index contributed by atoms with van der Waals surface area (Å²) >= 11 is 0. The fourth-order valence-electron chi connectivity index (χ4n) is 4.19. The molecule has 2 saturated carbocycles. The largest absolute Gasteiger partial charge is 0.355 e. The van der Waals surface area contributed by atoms with Crippen LogP contribution in [0, 0.1) is 11.8 Å². The van der Waals surface area contributed by atoms with Crippen LogP contribution in [0.3, 0.4) is 0 Å². The van der Waals surface area contributed by atoms with Gasteiger partial charge in [-0.25, -0.2) is 0 Å². The standard InChI is InChI=1S/C16H29N3O/c1-2-18-16(20)15-11-17-8-9-19(15)14-5-3-4-13(10-14)12-6-7-12/h12-15,17H,2-11H2,1H3,(H,18,20). The summed E-state index contributed by atoms with van der Waals surface area (Å²) in [5.74, 6) is 2.18. The Morgan fingerprint density at radius 3 is 2.85 bits per heavy atom. The van der Waals surface area contributed by atoms with Crippen molar-refractivity contribution in [1.29, 1.82) is 0 Å². The second kappa shape index (κ2) is 6.44. The van der Waals surface area contributed by atoms with Crippen molar-refractivity contribution in [1.82, 2.24) is 15.5 Å². The van der Waals surface area contributed by atoms with Crippen molar-refractivity contribution in [3.8, 4) is 0 Å². The number of carbonyl (C=O) groups excluding carboxylic acids is 1. The third-order valence-electron chi connectivity index (χ3n) is 5.38. The highest BCUT2D eigenvalue weighted by molar-refractivity contribution is 5.82. The maximum atomic E-state index is 12.3. The molecule has 0 spiro atoms. The SMILES string of the molecule is CCNC(=O)C1CNCCN1C1CCCC(C2CC2)C1. The van der Waals surface area contributed by atoms with Gasteiger partial charge in [0, 0.05) is 32.2 Å². The maximum Gasteiger partial charge on any atom is 0.238 e. The van der Waals surface area contributed by atoms with E-state index < -0.39 is 0 Å². The number of piperazine rings is 1. The number of likely N-dealkylation sites (N-methyl/N-ethyl adjacent to an activating group) is 1. The quantitative estimate of drug-likeness (QED) is 0.817. The molecular weight excluding hydrogens is 250 g/mol. The van der Waals surface area contributed by atoms with E-state index in [1.165, 1.54) is 38.5 Å². The van der Waals surface area contributed by atoms with Crippen molar-refractivity contribution < 1.29 is 4.79 Å². The predicted molar refractivity (Wildman–Crippen MR) is 80.5 cm³/mol. The van der Waals surface area contributed by atoms with E-state index in [1.807, 2.05) is 6.92 Å². The molecule has 3 aliphatic rings. The highest BCUT2D eigenvalue weighted by Gasteiger charge is 2.39. The topological polar surface area (TPSA) is 44.4 Å². The van der Waals surface area contributed by atoms with Gasteiger partial charge in [0.1, 0.15) is 6.04 Å². The van der Waals surface area contributed by atoms with Crippen molar-refractivity contribution in [2.45, 2.75) is 57.5 Å². The van der Waals surface area contributed by atoms with Gasteiger partial charge in [0.15, 0.2) is 0 Å². The normalized spacial score (nSPS) is 35.8. The summed E-state index contributed by atoms with van der Waals surface area (Å²) in [4.78, 5) is 14.8. The van der Waals surface area contributed by atoms with Gasteiger partial charge in [0.05, 0.1) is 0 Å². The lowest BCUT2D eigenvalue weighted by Crippen LogP contribution is -2.61. The van der Waals surface area contributed by atoms with E-state index in [-0.39, 0.29) is 11.9 Å². The van der Waals surface area contributed by atoms with Crippen molar-refractivity contribution in [2.24, 2.45) is 11.8 Å². The van der Waals surface area contributed by atoms with Gasteiger partial charge in [0.2, 0.25) is 5.91 Å². The molecule has 0 aromatic rings. The first kappa shape index (κ1) is 14.3. The van der Waals surface area contributed by atoms with Crippen LogP contribution in [0.15, 0.2) is 0 Å². The predicted octanol–water partition coefficient (Wildman–Crippen LogP) is 1.37. The molecule has 2 aliphatic carbocycles. The van der Waals surface area contributed by atoms with Crippen molar-refractivity contribution in [3.63, 3.8) is 0 Å². The molecule has 1 aliphatic heterocycles. The number of nitrogens with one attached hydrogen (secondary N) is 2. The summed E-state index contributed by atoms with van der Waals surface area (Å²) < 4.78 is 0. The highest BCUT2D eigenvalue weighted by Crippen LogP contribution is 2.45. The minimum absolute atomic E-state index is 0.0478. The molecule has 0 aromatic heterocycles. The Morgan fingerprint density at radius 2 is 2.10 bits per heavy atom. The Morgan fingerprint density at radius 1 is 1.25 bits per heavy atom. The van der Waals surface area contributed by atoms with Gasteiger partial charge in [0.25, 0.3) is 0 Å². The van der Waals surface area contributed by atoms with Crippen LogP contribution in [0.25, 0.3) is 0 Å². The second-order valence-corrected chi connectivity index (χ2v) is 6.77. The maximum absolute atomic E-state index is 12.3. The molecule has 0 bridgehead atoms. The first-order valence-electron chi connectivity index (χ1n) is 8.53. The summed E-state index contributed by atoms with van der Waals surface area (Å²) in [5, 5.41) is 6.40. The number of nitrogens with zero attached hydrogens (tertiary/aromatic N) is 1. The molecule has 0 radical (unpaired) electrons. The van der Waals surface area contributed by atoms with E-state index in [0.717, 1.165) is 38.0 Å². The van der Waals surface area contributed by atoms with Crippen LogP contribution in [-0.4, -0.2) is 49.1 Å². The van der Waals surface area contributed by atoms with Gasteiger partial charge >= 0.3 is 0 Å². The van der Waals surface area contributed by atoms with Crippen LogP contribution in [0.5, 0.6) is 0 Å². The van der Waals surface area contributed by atoms with Gasteiger partial charge in [-0.15, -0.1) is 0 Å². The van der Waals surface area contributed by atoms with Gasteiger partial charge in [-0.1, -0.05) is 12.8 Å². The summed E-state index contributed by atoms with van der Waals surface area (Å²) in [6, 6.07) is 0.690. The molecule has 3 rings (SSSR count). The summed E-state index contributed by atoms with van der Waals surface area (Å²) in [6.07, 6.45) is 8.33. The zero-order chi connectivity index (χ0) is 13.9. The van der Waals surface area contributed by atoms with E-state index in [9.17, 15) is 4.79 Å². The zero-order valence-electron chi connectivity index (χ0n) is 12.7. The Balaban J connectivity index is 1.63. The van der Waals surface area contributed by atoms with E-state index >= 15 is 0 Å². The van der Waals surface area contributed by atoms with Gasteiger partial charge < -0.3 is 10.6 Å².